The minimum atomic E-state index is -3.17. The minimum absolute atomic E-state index is 0.134. The molecule has 2 rings (SSSR count). The second-order valence-electron chi connectivity index (χ2n) is 4.90. The summed E-state index contributed by atoms with van der Waals surface area (Å²) in [6, 6.07) is 4.17. The number of pyridine rings is 1. The summed E-state index contributed by atoms with van der Waals surface area (Å²) in [7, 11) is -3.17. The standard InChI is InChI=1S/C13H21N3O2S/c17-19(18,11-6-12-3-8-14-9-4-12)16-10-5-13-2-1-7-15-13/h3-4,8-9,13,15-16H,1-2,5-7,10-11H2. The molecule has 1 aliphatic rings. The highest BCUT2D eigenvalue weighted by molar-refractivity contribution is 7.89. The van der Waals surface area contributed by atoms with Crippen molar-refractivity contribution in [3.8, 4) is 0 Å². The quantitative estimate of drug-likeness (QED) is 0.772. The van der Waals surface area contributed by atoms with Gasteiger partial charge in [0.2, 0.25) is 10.0 Å². The van der Waals surface area contributed by atoms with Crippen LogP contribution in [0.1, 0.15) is 24.8 Å². The van der Waals surface area contributed by atoms with Crippen molar-refractivity contribution in [1.29, 1.82) is 0 Å². The van der Waals surface area contributed by atoms with Gasteiger partial charge in [0.25, 0.3) is 0 Å². The third-order valence-electron chi connectivity index (χ3n) is 3.39. The third kappa shape index (κ3) is 5.26. The lowest BCUT2D eigenvalue weighted by Crippen LogP contribution is -2.32. The van der Waals surface area contributed by atoms with E-state index in [2.05, 4.69) is 15.0 Å². The zero-order valence-electron chi connectivity index (χ0n) is 11.0. The van der Waals surface area contributed by atoms with Gasteiger partial charge in [-0.2, -0.15) is 0 Å². The Labute approximate surface area is 114 Å². The molecule has 1 saturated heterocycles. The molecule has 1 aliphatic heterocycles. The summed E-state index contributed by atoms with van der Waals surface area (Å²) < 4.78 is 26.3. The number of hydrogen-bond acceptors (Lipinski definition) is 4. The molecular formula is C13H21N3O2S. The number of nitrogens with zero attached hydrogens (tertiary/aromatic N) is 1. The van der Waals surface area contributed by atoms with Crippen LogP contribution in [0.15, 0.2) is 24.5 Å². The number of aryl methyl sites for hydroxylation is 1. The highest BCUT2D eigenvalue weighted by Gasteiger charge is 2.15. The van der Waals surface area contributed by atoms with Gasteiger partial charge in [-0.1, -0.05) is 0 Å². The Morgan fingerprint density at radius 1 is 1.37 bits per heavy atom. The molecule has 0 aromatic carbocycles. The molecular weight excluding hydrogens is 262 g/mol. The van der Waals surface area contributed by atoms with Crippen molar-refractivity contribution in [2.24, 2.45) is 0 Å². The van der Waals surface area contributed by atoms with E-state index >= 15 is 0 Å². The fraction of sp³-hybridized carbons (Fsp3) is 0.615. The van der Waals surface area contributed by atoms with E-state index in [0.29, 0.717) is 19.0 Å². The monoisotopic (exact) mass is 283 g/mol. The molecule has 2 N–H and O–H groups in total. The molecule has 0 amide bonds. The van der Waals surface area contributed by atoms with Crippen LogP contribution in [-0.2, 0) is 16.4 Å². The largest absolute Gasteiger partial charge is 0.314 e. The molecule has 106 valence electrons. The zero-order chi connectivity index (χ0) is 13.6. The van der Waals surface area contributed by atoms with Crippen LogP contribution >= 0.6 is 0 Å². The summed E-state index contributed by atoms with van der Waals surface area (Å²) in [4.78, 5) is 3.91. The lowest BCUT2D eigenvalue weighted by molar-refractivity contribution is 0.539. The van der Waals surface area contributed by atoms with E-state index in [0.717, 1.165) is 24.9 Å². The van der Waals surface area contributed by atoms with Crippen molar-refractivity contribution in [2.75, 3.05) is 18.8 Å². The van der Waals surface area contributed by atoms with Gasteiger partial charge in [0.15, 0.2) is 0 Å². The second kappa shape index (κ2) is 6.98. The molecule has 1 unspecified atom stereocenters. The molecule has 0 aliphatic carbocycles. The van der Waals surface area contributed by atoms with E-state index in [-0.39, 0.29) is 5.75 Å². The van der Waals surface area contributed by atoms with Crippen LogP contribution in [0.4, 0.5) is 0 Å². The number of hydrogen-bond donors (Lipinski definition) is 2. The molecule has 0 bridgehead atoms. The molecule has 1 fully saturated rings. The maximum atomic E-state index is 11.8. The first-order valence-corrected chi connectivity index (χ1v) is 8.40. The van der Waals surface area contributed by atoms with Gasteiger partial charge in [0.1, 0.15) is 0 Å². The van der Waals surface area contributed by atoms with Gasteiger partial charge in [-0.05, 0) is 49.9 Å². The van der Waals surface area contributed by atoms with E-state index in [9.17, 15) is 8.42 Å². The topological polar surface area (TPSA) is 71.1 Å². The van der Waals surface area contributed by atoms with Gasteiger partial charge < -0.3 is 5.32 Å². The average molecular weight is 283 g/mol. The molecule has 0 radical (unpaired) electrons. The Hall–Kier alpha value is -0.980. The Kier molecular flexibility index (Phi) is 5.30. The smallest absolute Gasteiger partial charge is 0.211 e. The fourth-order valence-corrected chi connectivity index (χ4v) is 3.34. The zero-order valence-corrected chi connectivity index (χ0v) is 11.8. The van der Waals surface area contributed by atoms with Gasteiger partial charge in [-0.15, -0.1) is 0 Å². The molecule has 1 aromatic rings. The van der Waals surface area contributed by atoms with Crippen LogP contribution in [-0.4, -0.2) is 38.3 Å². The van der Waals surface area contributed by atoms with Crippen molar-refractivity contribution in [3.05, 3.63) is 30.1 Å². The maximum absolute atomic E-state index is 11.8. The number of sulfonamides is 1. The molecule has 2 heterocycles. The van der Waals surface area contributed by atoms with Gasteiger partial charge in [-0.25, -0.2) is 13.1 Å². The number of nitrogens with one attached hydrogen (secondary N) is 2. The SMILES string of the molecule is O=S(=O)(CCc1ccncc1)NCCC1CCCN1. The van der Waals surface area contributed by atoms with E-state index < -0.39 is 10.0 Å². The molecule has 0 saturated carbocycles. The van der Waals surface area contributed by atoms with Crippen molar-refractivity contribution >= 4 is 10.0 Å². The van der Waals surface area contributed by atoms with Gasteiger partial charge in [0, 0.05) is 25.0 Å². The average Bonchev–Trinajstić information content (AvgIpc) is 2.91. The summed E-state index contributed by atoms with van der Waals surface area (Å²) in [6.07, 6.45) is 7.11. The highest BCUT2D eigenvalue weighted by atomic mass is 32.2. The van der Waals surface area contributed by atoms with Crippen molar-refractivity contribution in [3.63, 3.8) is 0 Å². The maximum Gasteiger partial charge on any atom is 0.211 e. The number of aromatic nitrogens is 1. The number of rotatable bonds is 7. The normalized spacial score (nSPS) is 19.7. The van der Waals surface area contributed by atoms with Crippen LogP contribution < -0.4 is 10.0 Å². The first-order valence-electron chi connectivity index (χ1n) is 6.75. The predicted molar refractivity (Wildman–Crippen MR) is 75.4 cm³/mol. The predicted octanol–water partition coefficient (Wildman–Crippen LogP) is 0.686. The second-order valence-corrected chi connectivity index (χ2v) is 6.83. The van der Waals surface area contributed by atoms with Crippen LogP contribution in [0.5, 0.6) is 0 Å². The van der Waals surface area contributed by atoms with Crippen molar-refractivity contribution in [2.45, 2.75) is 31.7 Å². The summed E-state index contributed by atoms with van der Waals surface area (Å²) >= 11 is 0. The van der Waals surface area contributed by atoms with Crippen LogP contribution in [0.3, 0.4) is 0 Å². The molecule has 1 atom stereocenters. The van der Waals surface area contributed by atoms with Crippen LogP contribution in [0, 0.1) is 0 Å². The Morgan fingerprint density at radius 3 is 2.84 bits per heavy atom. The Bertz CT molecular complexity index is 470. The van der Waals surface area contributed by atoms with Crippen molar-refractivity contribution in [1.82, 2.24) is 15.0 Å². The minimum Gasteiger partial charge on any atom is -0.314 e. The molecule has 19 heavy (non-hydrogen) atoms. The Morgan fingerprint density at radius 2 is 2.16 bits per heavy atom. The summed E-state index contributed by atoms with van der Waals surface area (Å²) in [5.41, 5.74) is 0.998. The van der Waals surface area contributed by atoms with Gasteiger partial charge in [-0.3, -0.25) is 4.98 Å². The molecule has 5 nitrogen and oxygen atoms in total. The van der Waals surface area contributed by atoms with Crippen LogP contribution in [0.25, 0.3) is 0 Å². The van der Waals surface area contributed by atoms with Gasteiger partial charge >= 0.3 is 0 Å². The van der Waals surface area contributed by atoms with E-state index in [4.69, 9.17) is 0 Å². The molecule has 1 aromatic heterocycles. The Balaban J connectivity index is 1.69. The first kappa shape index (κ1) is 14.4. The van der Waals surface area contributed by atoms with E-state index in [1.165, 1.54) is 6.42 Å². The first-order chi connectivity index (χ1) is 9.16. The molecule has 6 heteroatoms. The summed E-state index contributed by atoms with van der Waals surface area (Å²) in [6.45, 7) is 1.58. The van der Waals surface area contributed by atoms with Gasteiger partial charge in [0.05, 0.1) is 5.75 Å². The third-order valence-corrected chi connectivity index (χ3v) is 4.77. The lowest BCUT2D eigenvalue weighted by atomic mass is 10.2. The van der Waals surface area contributed by atoms with Crippen molar-refractivity contribution < 1.29 is 8.42 Å². The van der Waals surface area contributed by atoms with E-state index in [1.807, 2.05) is 12.1 Å². The fourth-order valence-electron chi connectivity index (χ4n) is 2.27. The highest BCUT2D eigenvalue weighted by Crippen LogP contribution is 2.08. The molecule has 0 spiro atoms. The van der Waals surface area contributed by atoms with E-state index in [1.54, 1.807) is 12.4 Å². The van der Waals surface area contributed by atoms with Crippen LogP contribution in [0.2, 0.25) is 0 Å². The lowest BCUT2D eigenvalue weighted by Gasteiger charge is -2.11. The summed E-state index contributed by atoms with van der Waals surface area (Å²) in [5, 5.41) is 3.36. The summed E-state index contributed by atoms with van der Waals surface area (Å²) in [5.74, 6) is 0.134.